The van der Waals surface area contributed by atoms with Crippen molar-refractivity contribution in [2.24, 2.45) is 5.92 Å². The molecule has 0 aliphatic carbocycles. The molecule has 1 N–H and O–H groups in total. The van der Waals surface area contributed by atoms with Crippen molar-refractivity contribution in [2.45, 2.75) is 46.1 Å². The Morgan fingerprint density at radius 3 is 2.43 bits per heavy atom. The van der Waals surface area contributed by atoms with Crippen molar-refractivity contribution in [1.82, 2.24) is 5.32 Å². The Bertz CT molecular complexity index is 462. The van der Waals surface area contributed by atoms with Crippen LogP contribution in [0.3, 0.4) is 0 Å². The minimum atomic E-state index is 0.274. The molecule has 3 nitrogen and oxygen atoms in total. The van der Waals surface area contributed by atoms with E-state index in [4.69, 9.17) is 21.1 Å². The average molecular weight is 312 g/mol. The van der Waals surface area contributed by atoms with Crippen molar-refractivity contribution in [3.8, 4) is 11.5 Å². The highest BCUT2D eigenvalue weighted by Gasteiger charge is 2.20. The third kappa shape index (κ3) is 4.52. The predicted molar refractivity (Wildman–Crippen MR) is 87.5 cm³/mol. The molecule has 2 rings (SSSR count). The van der Waals surface area contributed by atoms with Gasteiger partial charge in [-0.15, -0.1) is 0 Å². The molecule has 0 radical (unpaired) electrons. The van der Waals surface area contributed by atoms with E-state index in [1.54, 1.807) is 0 Å². The zero-order valence-electron chi connectivity index (χ0n) is 13.2. The van der Waals surface area contributed by atoms with Crippen LogP contribution in [0.25, 0.3) is 0 Å². The van der Waals surface area contributed by atoms with Crippen LogP contribution in [-0.4, -0.2) is 19.8 Å². The Labute approximate surface area is 133 Å². The monoisotopic (exact) mass is 311 g/mol. The van der Waals surface area contributed by atoms with Gasteiger partial charge in [0.2, 0.25) is 0 Å². The van der Waals surface area contributed by atoms with Gasteiger partial charge in [-0.05, 0) is 43.4 Å². The maximum atomic E-state index is 6.47. The Morgan fingerprint density at radius 1 is 1.14 bits per heavy atom. The van der Waals surface area contributed by atoms with E-state index in [2.05, 4.69) is 26.1 Å². The van der Waals surface area contributed by atoms with Crippen LogP contribution in [0, 0.1) is 5.92 Å². The number of hydrogen-bond donors (Lipinski definition) is 1. The van der Waals surface area contributed by atoms with E-state index in [-0.39, 0.29) is 6.04 Å². The van der Waals surface area contributed by atoms with Crippen molar-refractivity contribution in [3.63, 3.8) is 0 Å². The minimum absolute atomic E-state index is 0.274. The Hall–Kier alpha value is -0.930. The summed E-state index contributed by atoms with van der Waals surface area (Å²) in [6.45, 7) is 8.87. The molecule has 118 valence electrons. The summed E-state index contributed by atoms with van der Waals surface area (Å²) in [5, 5.41) is 4.37. The molecule has 0 amide bonds. The molecule has 1 aliphatic heterocycles. The Balaban J connectivity index is 2.20. The first kappa shape index (κ1) is 16.4. The number of rotatable bonds is 7. The number of nitrogens with one attached hydrogen (secondary N) is 1. The third-order valence-electron chi connectivity index (χ3n) is 3.71. The lowest BCUT2D eigenvalue weighted by Gasteiger charge is -2.24. The second kappa shape index (κ2) is 7.90. The summed E-state index contributed by atoms with van der Waals surface area (Å²) in [6, 6.07) is 4.21. The molecule has 1 aromatic rings. The van der Waals surface area contributed by atoms with E-state index in [0.717, 1.165) is 41.5 Å². The molecule has 1 unspecified atom stereocenters. The van der Waals surface area contributed by atoms with Crippen LogP contribution in [0.4, 0.5) is 0 Å². The number of benzene rings is 1. The van der Waals surface area contributed by atoms with Gasteiger partial charge >= 0.3 is 0 Å². The summed E-state index contributed by atoms with van der Waals surface area (Å²) in [5.41, 5.74) is 1.12. The third-order valence-corrected chi connectivity index (χ3v) is 4.04. The van der Waals surface area contributed by atoms with E-state index in [1.165, 1.54) is 6.42 Å². The fourth-order valence-electron chi connectivity index (χ4n) is 2.53. The van der Waals surface area contributed by atoms with Crippen molar-refractivity contribution < 1.29 is 9.47 Å². The van der Waals surface area contributed by atoms with Gasteiger partial charge in [0.1, 0.15) is 13.2 Å². The van der Waals surface area contributed by atoms with Crippen LogP contribution in [0.2, 0.25) is 5.02 Å². The molecule has 1 atom stereocenters. The van der Waals surface area contributed by atoms with Crippen molar-refractivity contribution in [1.29, 1.82) is 0 Å². The molecule has 1 heterocycles. The quantitative estimate of drug-likeness (QED) is 0.799. The van der Waals surface area contributed by atoms with Gasteiger partial charge in [0.05, 0.1) is 0 Å². The molecule has 1 aromatic carbocycles. The fourth-order valence-corrected chi connectivity index (χ4v) is 2.82. The standard InChI is InChI=1S/C17H26ClNO2/c1-4-7-19-15(6-5-12(2)3)13-10-16-17(11-14(13)18)21-9-8-20-16/h10-12,15,19H,4-9H2,1-3H3. The highest BCUT2D eigenvalue weighted by Crippen LogP contribution is 2.38. The van der Waals surface area contributed by atoms with E-state index in [1.807, 2.05) is 12.1 Å². The van der Waals surface area contributed by atoms with E-state index >= 15 is 0 Å². The van der Waals surface area contributed by atoms with Gasteiger partial charge < -0.3 is 14.8 Å². The minimum Gasteiger partial charge on any atom is -0.486 e. The van der Waals surface area contributed by atoms with Crippen LogP contribution >= 0.6 is 11.6 Å². The van der Waals surface area contributed by atoms with Crippen molar-refractivity contribution in [2.75, 3.05) is 19.8 Å². The first-order chi connectivity index (χ1) is 10.1. The van der Waals surface area contributed by atoms with Gasteiger partial charge in [-0.25, -0.2) is 0 Å². The highest BCUT2D eigenvalue weighted by atomic mass is 35.5. The zero-order chi connectivity index (χ0) is 15.2. The number of ether oxygens (including phenoxy) is 2. The lowest BCUT2D eigenvalue weighted by molar-refractivity contribution is 0.171. The number of hydrogen-bond acceptors (Lipinski definition) is 3. The van der Waals surface area contributed by atoms with Crippen LogP contribution < -0.4 is 14.8 Å². The molecule has 0 saturated carbocycles. The molecule has 21 heavy (non-hydrogen) atoms. The summed E-state index contributed by atoms with van der Waals surface area (Å²) in [6.07, 6.45) is 3.36. The normalized spacial score (nSPS) is 15.3. The zero-order valence-corrected chi connectivity index (χ0v) is 14.0. The molecule has 0 saturated heterocycles. The first-order valence-electron chi connectivity index (χ1n) is 7.94. The SMILES string of the molecule is CCCNC(CCC(C)C)c1cc2c(cc1Cl)OCCO2. The van der Waals surface area contributed by atoms with Gasteiger partial charge in [0.25, 0.3) is 0 Å². The summed E-state index contributed by atoms with van der Waals surface area (Å²) in [7, 11) is 0. The summed E-state index contributed by atoms with van der Waals surface area (Å²) < 4.78 is 11.3. The topological polar surface area (TPSA) is 30.5 Å². The number of fused-ring (bicyclic) bond motifs is 1. The highest BCUT2D eigenvalue weighted by molar-refractivity contribution is 6.31. The average Bonchev–Trinajstić information content (AvgIpc) is 2.47. The summed E-state index contributed by atoms with van der Waals surface area (Å²) in [5.74, 6) is 2.26. The summed E-state index contributed by atoms with van der Waals surface area (Å²) in [4.78, 5) is 0. The Morgan fingerprint density at radius 2 is 1.81 bits per heavy atom. The largest absolute Gasteiger partial charge is 0.486 e. The second-order valence-electron chi connectivity index (χ2n) is 6.00. The maximum Gasteiger partial charge on any atom is 0.162 e. The predicted octanol–water partition coefficient (Wildman–Crippen LogP) is 4.59. The molecular weight excluding hydrogens is 286 g/mol. The van der Waals surface area contributed by atoms with E-state index < -0.39 is 0 Å². The van der Waals surface area contributed by atoms with Crippen molar-refractivity contribution >= 4 is 11.6 Å². The Kier molecular flexibility index (Phi) is 6.19. The van der Waals surface area contributed by atoms with Crippen LogP contribution in [0.1, 0.15) is 51.6 Å². The van der Waals surface area contributed by atoms with Gasteiger partial charge in [-0.3, -0.25) is 0 Å². The number of halogens is 1. The molecule has 0 fully saturated rings. The molecule has 0 aromatic heterocycles. The van der Waals surface area contributed by atoms with Gasteiger partial charge in [0.15, 0.2) is 11.5 Å². The molecule has 4 heteroatoms. The maximum absolute atomic E-state index is 6.47. The van der Waals surface area contributed by atoms with Crippen LogP contribution in [-0.2, 0) is 0 Å². The van der Waals surface area contributed by atoms with E-state index in [9.17, 15) is 0 Å². The fraction of sp³-hybridized carbons (Fsp3) is 0.647. The summed E-state index contributed by atoms with van der Waals surface area (Å²) >= 11 is 6.47. The van der Waals surface area contributed by atoms with Gasteiger partial charge in [0, 0.05) is 17.1 Å². The lowest BCUT2D eigenvalue weighted by atomic mass is 9.97. The first-order valence-corrected chi connectivity index (χ1v) is 8.32. The van der Waals surface area contributed by atoms with Crippen molar-refractivity contribution in [3.05, 3.63) is 22.7 Å². The van der Waals surface area contributed by atoms with Gasteiger partial charge in [-0.1, -0.05) is 32.4 Å². The van der Waals surface area contributed by atoms with Crippen LogP contribution in [0.5, 0.6) is 11.5 Å². The lowest BCUT2D eigenvalue weighted by Crippen LogP contribution is -2.23. The smallest absolute Gasteiger partial charge is 0.162 e. The van der Waals surface area contributed by atoms with Gasteiger partial charge in [-0.2, -0.15) is 0 Å². The molecule has 0 spiro atoms. The molecular formula is C17H26ClNO2. The van der Waals surface area contributed by atoms with E-state index in [0.29, 0.717) is 19.1 Å². The van der Waals surface area contributed by atoms with Crippen LogP contribution in [0.15, 0.2) is 12.1 Å². The second-order valence-corrected chi connectivity index (χ2v) is 6.40. The molecule has 1 aliphatic rings. The molecule has 0 bridgehead atoms.